The summed E-state index contributed by atoms with van der Waals surface area (Å²) < 4.78 is 29.7. The molecule has 2 nitrogen and oxygen atoms in total. The number of halogens is 3. The summed E-state index contributed by atoms with van der Waals surface area (Å²) in [6, 6.07) is 6.60. The van der Waals surface area contributed by atoms with Crippen LogP contribution in [0.5, 0.6) is 0 Å². The minimum absolute atomic E-state index is 0.265. The molecular formula is C16H16BrClFNOS2. The number of thiophene rings is 1. The van der Waals surface area contributed by atoms with E-state index in [9.17, 15) is 8.60 Å². The van der Waals surface area contributed by atoms with E-state index >= 15 is 0 Å². The molecule has 0 spiro atoms. The van der Waals surface area contributed by atoms with Gasteiger partial charge in [0.1, 0.15) is 16.8 Å². The summed E-state index contributed by atoms with van der Waals surface area (Å²) >= 11 is 11.0. The number of rotatable bonds is 2. The van der Waals surface area contributed by atoms with Gasteiger partial charge in [0.05, 0.1) is 19.6 Å². The van der Waals surface area contributed by atoms with Crippen LogP contribution in [0, 0.1) is 5.82 Å². The summed E-state index contributed by atoms with van der Waals surface area (Å²) in [4.78, 5) is 1.09. The van der Waals surface area contributed by atoms with Gasteiger partial charge in [-0.3, -0.25) is 0 Å². The van der Waals surface area contributed by atoms with E-state index in [2.05, 4.69) is 15.9 Å². The highest BCUT2D eigenvalue weighted by molar-refractivity contribution is 9.10. The summed E-state index contributed by atoms with van der Waals surface area (Å²) in [7, 11) is -1.22. The van der Waals surface area contributed by atoms with Gasteiger partial charge in [-0.2, -0.15) is 0 Å². The first kappa shape index (κ1) is 17.5. The van der Waals surface area contributed by atoms with Crippen LogP contribution in [-0.4, -0.2) is 13.3 Å². The quantitative estimate of drug-likeness (QED) is 0.594. The van der Waals surface area contributed by atoms with Crippen LogP contribution in [-0.2, 0) is 17.5 Å². The molecule has 0 bridgehead atoms. The van der Waals surface area contributed by atoms with Gasteiger partial charge in [0, 0.05) is 11.4 Å². The van der Waals surface area contributed by atoms with Crippen molar-refractivity contribution in [2.45, 2.75) is 38.1 Å². The van der Waals surface area contributed by atoms with Gasteiger partial charge in [0.2, 0.25) is 0 Å². The number of benzene rings is 1. The summed E-state index contributed by atoms with van der Waals surface area (Å²) in [5.74, 6) is -0.321. The molecule has 0 fully saturated rings. The molecule has 2 atom stereocenters. The Hall–Kier alpha value is -0.270. The highest BCUT2D eigenvalue weighted by Gasteiger charge is 2.41. The van der Waals surface area contributed by atoms with Crippen molar-refractivity contribution in [2.75, 3.05) is 0 Å². The first-order valence-electron chi connectivity index (χ1n) is 7.11. The molecule has 1 aromatic heterocycles. The van der Waals surface area contributed by atoms with Crippen molar-refractivity contribution in [2.24, 2.45) is 0 Å². The predicted octanol–water partition coefficient (Wildman–Crippen LogP) is 5.67. The maximum absolute atomic E-state index is 14.0. The Balaban J connectivity index is 2.14. The number of hydrogen-bond donors (Lipinski definition) is 0. The molecule has 3 rings (SSSR count). The highest BCUT2D eigenvalue weighted by Crippen LogP contribution is 2.47. The van der Waals surface area contributed by atoms with Gasteiger partial charge in [0.25, 0.3) is 0 Å². The molecule has 7 heteroatoms. The lowest BCUT2D eigenvalue weighted by molar-refractivity contribution is 0.405. The van der Waals surface area contributed by atoms with Crippen molar-refractivity contribution in [1.82, 2.24) is 4.31 Å². The molecule has 124 valence electrons. The summed E-state index contributed by atoms with van der Waals surface area (Å²) in [6.45, 7) is 6.39. The van der Waals surface area contributed by atoms with Crippen LogP contribution in [0.4, 0.5) is 4.39 Å². The predicted molar refractivity (Wildman–Crippen MR) is 98.7 cm³/mol. The molecule has 1 aliphatic heterocycles. The van der Waals surface area contributed by atoms with Crippen molar-refractivity contribution in [3.63, 3.8) is 0 Å². The zero-order valence-corrected chi connectivity index (χ0v) is 16.9. The molecule has 2 heterocycles. The standard InChI is InChI=1S/C16H16BrClFNOS2/c1-16(2,3)23(21)20-8-12-10(7-13(18)22-12)15(20)9-5-4-6-11(19)14(9)17/h4-7,15H,8H2,1-3H3/t15-,23+/m0/s1. The average molecular weight is 437 g/mol. The fourth-order valence-corrected chi connectivity index (χ4v) is 5.95. The van der Waals surface area contributed by atoms with Gasteiger partial charge in [-0.15, -0.1) is 11.3 Å². The number of hydrogen-bond acceptors (Lipinski definition) is 2. The zero-order valence-electron chi connectivity index (χ0n) is 12.9. The summed E-state index contributed by atoms with van der Waals surface area (Å²) in [5, 5.41) is 0. The molecule has 2 aromatic rings. The fourth-order valence-electron chi connectivity index (χ4n) is 2.71. The first-order valence-corrected chi connectivity index (χ1v) is 10.2. The first-order chi connectivity index (χ1) is 10.7. The van der Waals surface area contributed by atoms with Gasteiger partial charge >= 0.3 is 0 Å². The second-order valence-corrected chi connectivity index (χ2v) is 11.2. The Bertz CT molecular complexity index is 787. The molecule has 0 N–H and O–H groups in total. The van der Waals surface area contributed by atoms with Crippen LogP contribution in [0.1, 0.15) is 42.8 Å². The van der Waals surface area contributed by atoms with E-state index in [1.54, 1.807) is 6.07 Å². The van der Waals surface area contributed by atoms with Gasteiger partial charge < -0.3 is 0 Å². The largest absolute Gasteiger partial charge is 0.242 e. The van der Waals surface area contributed by atoms with E-state index in [0.29, 0.717) is 15.4 Å². The third-order valence-electron chi connectivity index (χ3n) is 3.71. The normalized spacial score (nSPS) is 19.8. The lowest BCUT2D eigenvalue weighted by atomic mass is 10.0. The monoisotopic (exact) mass is 435 g/mol. The number of fused-ring (bicyclic) bond motifs is 1. The van der Waals surface area contributed by atoms with Gasteiger partial charge in [-0.05, 0) is 60.0 Å². The summed E-state index contributed by atoms with van der Waals surface area (Å²) in [6.07, 6.45) is 0. The van der Waals surface area contributed by atoms with Crippen LogP contribution >= 0.6 is 38.9 Å². The van der Waals surface area contributed by atoms with Crippen LogP contribution in [0.3, 0.4) is 0 Å². The van der Waals surface area contributed by atoms with Crippen LogP contribution in [0.2, 0.25) is 4.34 Å². The van der Waals surface area contributed by atoms with Gasteiger partial charge in [-0.1, -0.05) is 23.7 Å². The maximum atomic E-state index is 14.0. The number of nitrogens with zero attached hydrogens (tertiary/aromatic N) is 1. The highest BCUT2D eigenvalue weighted by atomic mass is 79.9. The fraction of sp³-hybridized carbons (Fsp3) is 0.375. The molecule has 1 aliphatic rings. The van der Waals surface area contributed by atoms with Crippen LogP contribution < -0.4 is 0 Å². The molecular weight excluding hydrogens is 421 g/mol. The van der Waals surface area contributed by atoms with E-state index in [-0.39, 0.29) is 11.9 Å². The Morgan fingerprint density at radius 3 is 2.74 bits per heavy atom. The summed E-state index contributed by atoms with van der Waals surface area (Å²) in [5.41, 5.74) is 1.79. The molecule has 0 saturated carbocycles. The third-order valence-corrected chi connectivity index (χ3v) is 7.62. The lowest BCUT2D eigenvalue weighted by Crippen LogP contribution is -2.37. The van der Waals surface area contributed by atoms with Crippen molar-refractivity contribution in [1.29, 1.82) is 0 Å². The molecule has 1 aromatic carbocycles. The molecule has 23 heavy (non-hydrogen) atoms. The zero-order chi connectivity index (χ0) is 16.9. The van der Waals surface area contributed by atoms with Crippen molar-refractivity contribution >= 4 is 49.9 Å². The van der Waals surface area contributed by atoms with Crippen LogP contribution in [0.15, 0.2) is 28.7 Å². The minimum atomic E-state index is -1.22. The Labute approximate surface area is 155 Å². The van der Waals surface area contributed by atoms with E-state index in [1.807, 2.05) is 37.2 Å². The van der Waals surface area contributed by atoms with Crippen molar-refractivity contribution < 1.29 is 8.60 Å². The van der Waals surface area contributed by atoms with E-state index in [4.69, 9.17) is 11.6 Å². The van der Waals surface area contributed by atoms with Crippen molar-refractivity contribution in [3.05, 3.63) is 54.9 Å². The van der Waals surface area contributed by atoms with Crippen LogP contribution in [0.25, 0.3) is 0 Å². The van der Waals surface area contributed by atoms with E-state index in [1.165, 1.54) is 17.4 Å². The molecule has 0 aliphatic carbocycles. The minimum Gasteiger partial charge on any atom is -0.242 e. The molecule has 0 amide bonds. The molecule has 0 radical (unpaired) electrons. The maximum Gasteiger partial charge on any atom is 0.137 e. The Kier molecular flexibility index (Phi) is 4.75. The Morgan fingerprint density at radius 1 is 1.39 bits per heavy atom. The van der Waals surface area contributed by atoms with Gasteiger partial charge in [-0.25, -0.2) is 12.9 Å². The second kappa shape index (κ2) is 6.23. The van der Waals surface area contributed by atoms with Crippen molar-refractivity contribution in [3.8, 4) is 0 Å². The smallest absolute Gasteiger partial charge is 0.137 e. The third kappa shape index (κ3) is 3.16. The van der Waals surface area contributed by atoms with E-state index < -0.39 is 15.7 Å². The molecule has 0 saturated heterocycles. The SMILES string of the molecule is CC(C)(C)[S@@](=O)N1Cc2sc(Cl)cc2[C@@H]1c1cccc(F)c1Br. The topological polar surface area (TPSA) is 20.3 Å². The lowest BCUT2D eigenvalue weighted by Gasteiger charge is -2.31. The van der Waals surface area contributed by atoms with Gasteiger partial charge in [0.15, 0.2) is 0 Å². The van der Waals surface area contributed by atoms with E-state index in [0.717, 1.165) is 16.0 Å². The Morgan fingerprint density at radius 2 is 2.09 bits per heavy atom. The second-order valence-electron chi connectivity index (χ2n) is 6.41. The molecule has 0 unspecified atom stereocenters. The average Bonchev–Trinajstić information content (AvgIpc) is 2.96.